The second-order valence-electron chi connectivity index (χ2n) is 9.16. The van der Waals surface area contributed by atoms with Gasteiger partial charge in [-0.1, -0.05) is 26.0 Å². The number of nitrogens with zero attached hydrogens (tertiary/aromatic N) is 3. The third kappa shape index (κ3) is 4.65. The molecule has 180 valence electrons. The molecule has 9 heteroatoms. The largest absolute Gasteiger partial charge is 0.396 e. The number of aliphatic hydroxyl groups excluding tert-OH is 1. The van der Waals surface area contributed by atoms with Gasteiger partial charge in [-0.05, 0) is 49.6 Å². The molecule has 2 heterocycles. The van der Waals surface area contributed by atoms with Crippen LogP contribution in [0.3, 0.4) is 0 Å². The SMILES string of the molecule is CC1(C)CCCN(c2ccc3c(c2)nc(NC(=O)c2cccc(C(F)F)c2)n3CCCO)C1=O. The van der Waals surface area contributed by atoms with Gasteiger partial charge in [0, 0.05) is 41.9 Å². The summed E-state index contributed by atoms with van der Waals surface area (Å²) in [5.41, 5.74) is 1.49. The summed E-state index contributed by atoms with van der Waals surface area (Å²) in [5, 5.41) is 12.0. The van der Waals surface area contributed by atoms with E-state index in [9.17, 15) is 23.5 Å². The molecule has 0 bridgehead atoms. The minimum atomic E-state index is -2.68. The Morgan fingerprint density at radius 2 is 2.03 bits per heavy atom. The molecule has 2 aromatic carbocycles. The quantitative estimate of drug-likeness (QED) is 0.521. The highest BCUT2D eigenvalue weighted by Gasteiger charge is 2.36. The van der Waals surface area contributed by atoms with E-state index in [4.69, 9.17) is 0 Å². The first-order valence-corrected chi connectivity index (χ1v) is 11.3. The number of halogens is 2. The first-order chi connectivity index (χ1) is 16.2. The molecule has 0 spiro atoms. The van der Waals surface area contributed by atoms with Gasteiger partial charge < -0.3 is 14.6 Å². The lowest BCUT2D eigenvalue weighted by Gasteiger charge is -2.37. The maximum atomic E-state index is 13.0. The number of rotatable bonds is 7. The number of benzene rings is 2. The highest BCUT2D eigenvalue weighted by atomic mass is 19.3. The number of hydrogen-bond donors (Lipinski definition) is 2. The molecule has 0 aliphatic carbocycles. The number of aliphatic hydroxyl groups is 1. The standard InChI is InChI=1S/C25H28F2N4O3/c1-25(2)10-4-11-30(23(25)34)18-8-9-20-19(15-18)28-24(31(20)12-5-13-32)29-22(33)17-7-3-6-16(14-17)21(26)27/h3,6-9,14-15,21,32H,4-5,10-13H2,1-2H3,(H,28,29,33). The molecule has 1 aliphatic heterocycles. The molecule has 7 nitrogen and oxygen atoms in total. The van der Waals surface area contributed by atoms with Crippen molar-refractivity contribution in [2.24, 2.45) is 5.41 Å². The molecule has 1 saturated heterocycles. The first-order valence-electron chi connectivity index (χ1n) is 11.3. The molecule has 0 atom stereocenters. The molecule has 1 fully saturated rings. The lowest BCUT2D eigenvalue weighted by atomic mass is 9.83. The molecule has 1 aromatic heterocycles. The molecule has 0 radical (unpaired) electrons. The zero-order valence-electron chi connectivity index (χ0n) is 19.2. The number of carbonyl (C=O) groups excluding carboxylic acids is 2. The van der Waals surface area contributed by atoms with Crippen LogP contribution in [0.5, 0.6) is 0 Å². The van der Waals surface area contributed by atoms with Crippen molar-refractivity contribution in [3.63, 3.8) is 0 Å². The number of anilines is 2. The van der Waals surface area contributed by atoms with Crippen LogP contribution in [0.2, 0.25) is 0 Å². The zero-order valence-corrected chi connectivity index (χ0v) is 19.2. The smallest absolute Gasteiger partial charge is 0.263 e. The zero-order chi connectivity index (χ0) is 24.5. The second kappa shape index (κ2) is 9.50. The van der Waals surface area contributed by atoms with Crippen molar-refractivity contribution >= 4 is 34.5 Å². The fourth-order valence-electron chi connectivity index (χ4n) is 4.33. The van der Waals surface area contributed by atoms with E-state index in [0.29, 0.717) is 25.0 Å². The Bertz CT molecular complexity index is 1220. The third-order valence-corrected chi connectivity index (χ3v) is 6.22. The van der Waals surface area contributed by atoms with E-state index in [2.05, 4.69) is 10.3 Å². The Hall–Kier alpha value is -3.33. The average molecular weight is 471 g/mol. The fourth-order valence-corrected chi connectivity index (χ4v) is 4.33. The summed E-state index contributed by atoms with van der Waals surface area (Å²) >= 11 is 0. The number of fused-ring (bicyclic) bond motifs is 1. The first kappa shape index (κ1) is 23.8. The van der Waals surface area contributed by atoms with Crippen LogP contribution in [-0.2, 0) is 11.3 Å². The van der Waals surface area contributed by atoms with Crippen molar-refractivity contribution in [2.45, 2.75) is 46.1 Å². The summed E-state index contributed by atoms with van der Waals surface area (Å²) in [6.07, 6.45) is -0.498. The lowest BCUT2D eigenvalue weighted by molar-refractivity contribution is -0.128. The molecule has 34 heavy (non-hydrogen) atoms. The van der Waals surface area contributed by atoms with Gasteiger partial charge in [0.15, 0.2) is 0 Å². The number of piperidine rings is 1. The molecule has 0 saturated carbocycles. The Morgan fingerprint density at radius 1 is 1.24 bits per heavy atom. The number of carbonyl (C=O) groups is 2. The van der Waals surface area contributed by atoms with E-state index in [-0.39, 0.29) is 29.6 Å². The minimum Gasteiger partial charge on any atom is -0.396 e. The Labute approximate surface area is 196 Å². The molecular formula is C25H28F2N4O3. The molecular weight excluding hydrogens is 442 g/mol. The predicted octanol–water partition coefficient (Wildman–Crippen LogP) is 4.76. The van der Waals surface area contributed by atoms with Crippen LogP contribution >= 0.6 is 0 Å². The Kier molecular flexibility index (Phi) is 6.65. The monoisotopic (exact) mass is 470 g/mol. The van der Waals surface area contributed by atoms with Gasteiger partial charge in [0.2, 0.25) is 11.9 Å². The van der Waals surface area contributed by atoms with E-state index >= 15 is 0 Å². The van der Waals surface area contributed by atoms with Crippen LogP contribution in [0, 0.1) is 5.41 Å². The fraction of sp³-hybridized carbons (Fsp3) is 0.400. The van der Waals surface area contributed by atoms with E-state index in [1.807, 2.05) is 32.0 Å². The molecule has 4 rings (SSSR count). The van der Waals surface area contributed by atoms with Gasteiger partial charge >= 0.3 is 0 Å². The summed E-state index contributed by atoms with van der Waals surface area (Å²) in [7, 11) is 0. The Morgan fingerprint density at radius 3 is 2.76 bits per heavy atom. The number of alkyl halides is 2. The summed E-state index contributed by atoms with van der Waals surface area (Å²) in [6.45, 7) is 4.87. The van der Waals surface area contributed by atoms with Gasteiger partial charge in [0.1, 0.15) is 0 Å². The van der Waals surface area contributed by atoms with Gasteiger partial charge in [-0.3, -0.25) is 14.9 Å². The normalized spacial score (nSPS) is 15.8. The summed E-state index contributed by atoms with van der Waals surface area (Å²) in [5.74, 6) is -0.250. The van der Waals surface area contributed by atoms with Crippen molar-refractivity contribution in [2.75, 3.05) is 23.4 Å². The van der Waals surface area contributed by atoms with Crippen LogP contribution in [0.4, 0.5) is 20.4 Å². The molecule has 2 N–H and O–H groups in total. The number of hydrogen-bond acceptors (Lipinski definition) is 4. The van der Waals surface area contributed by atoms with Gasteiger partial charge in [0.25, 0.3) is 12.3 Å². The van der Waals surface area contributed by atoms with Crippen LogP contribution in [0.25, 0.3) is 11.0 Å². The topological polar surface area (TPSA) is 87.5 Å². The Balaban J connectivity index is 1.68. The van der Waals surface area contributed by atoms with Crippen LogP contribution in [-0.4, -0.2) is 39.6 Å². The summed E-state index contributed by atoms with van der Waals surface area (Å²) in [6, 6.07) is 10.8. The average Bonchev–Trinajstić information content (AvgIpc) is 3.15. The van der Waals surface area contributed by atoms with Crippen molar-refractivity contribution in [3.8, 4) is 0 Å². The van der Waals surface area contributed by atoms with Crippen molar-refractivity contribution in [3.05, 3.63) is 53.6 Å². The number of imidazole rings is 1. The van der Waals surface area contributed by atoms with E-state index in [1.165, 1.54) is 18.2 Å². The van der Waals surface area contributed by atoms with Crippen molar-refractivity contribution < 1.29 is 23.5 Å². The van der Waals surface area contributed by atoms with Gasteiger partial charge in [-0.25, -0.2) is 13.8 Å². The number of nitrogens with one attached hydrogen (secondary N) is 1. The summed E-state index contributed by atoms with van der Waals surface area (Å²) < 4.78 is 27.9. The molecule has 3 aromatic rings. The molecule has 0 unspecified atom stereocenters. The van der Waals surface area contributed by atoms with Crippen LogP contribution in [0.15, 0.2) is 42.5 Å². The molecule has 1 aliphatic rings. The third-order valence-electron chi connectivity index (χ3n) is 6.22. The van der Waals surface area contributed by atoms with Crippen molar-refractivity contribution in [1.82, 2.24) is 9.55 Å². The lowest BCUT2D eigenvalue weighted by Crippen LogP contribution is -2.46. The van der Waals surface area contributed by atoms with E-state index < -0.39 is 17.7 Å². The number of amides is 2. The van der Waals surface area contributed by atoms with E-state index in [0.717, 1.165) is 30.1 Å². The highest BCUT2D eigenvalue weighted by molar-refractivity contribution is 6.04. The second-order valence-corrected chi connectivity index (χ2v) is 9.16. The maximum Gasteiger partial charge on any atom is 0.263 e. The van der Waals surface area contributed by atoms with Gasteiger partial charge in [-0.2, -0.15) is 0 Å². The number of aromatic nitrogens is 2. The molecule has 2 amide bonds. The van der Waals surface area contributed by atoms with Crippen molar-refractivity contribution in [1.29, 1.82) is 0 Å². The van der Waals surface area contributed by atoms with Crippen LogP contribution in [0.1, 0.15) is 55.5 Å². The van der Waals surface area contributed by atoms with Gasteiger partial charge in [-0.15, -0.1) is 0 Å². The minimum absolute atomic E-state index is 0.0427. The summed E-state index contributed by atoms with van der Waals surface area (Å²) in [4.78, 5) is 32.1. The van der Waals surface area contributed by atoms with Crippen LogP contribution < -0.4 is 10.2 Å². The predicted molar refractivity (Wildman–Crippen MR) is 126 cm³/mol. The maximum absolute atomic E-state index is 13.0. The number of aryl methyl sites for hydroxylation is 1. The van der Waals surface area contributed by atoms with E-state index in [1.54, 1.807) is 9.47 Å². The van der Waals surface area contributed by atoms with Gasteiger partial charge in [0.05, 0.1) is 11.0 Å². The highest BCUT2D eigenvalue weighted by Crippen LogP contribution is 2.34.